The molecule has 0 unspecified atom stereocenters. The van der Waals surface area contributed by atoms with Gasteiger partial charge in [-0.25, -0.2) is 0 Å². The van der Waals surface area contributed by atoms with Gasteiger partial charge in [0.25, 0.3) is 0 Å². The highest BCUT2D eigenvalue weighted by Gasteiger charge is 2.61. The average Bonchev–Trinajstić information content (AvgIpc) is 3.10. The number of rotatable bonds is 7. The minimum absolute atomic E-state index is 0.202. The van der Waals surface area contributed by atoms with Gasteiger partial charge >= 0.3 is 11.9 Å². The second kappa shape index (κ2) is 9.93. The Morgan fingerprint density at radius 3 is 2.53 bits per heavy atom. The van der Waals surface area contributed by atoms with Crippen LogP contribution >= 0.6 is 0 Å². The van der Waals surface area contributed by atoms with Gasteiger partial charge in [0.2, 0.25) is 0 Å². The van der Waals surface area contributed by atoms with Crippen LogP contribution < -0.4 is 0 Å². The summed E-state index contributed by atoms with van der Waals surface area (Å²) in [6.45, 7) is 14.3. The van der Waals surface area contributed by atoms with Crippen molar-refractivity contribution in [3.63, 3.8) is 0 Å². The Balaban J connectivity index is 1.49. The topological polar surface area (TPSA) is 72.8 Å². The second-order valence-corrected chi connectivity index (χ2v) is 13.4. The normalized spacial score (nSPS) is 40.4. The van der Waals surface area contributed by atoms with Crippen LogP contribution in [0.15, 0.2) is 23.8 Å². The summed E-state index contributed by atoms with van der Waals surface area (Å²) in [5.41, 5.74) is 0.831. The van der Waals surface area contributed by atoms with Gasteiger partial charge in [0.1, 0.15) is 11.7 Å². The zero-order valence-corrected chi connectivity index (χ0v) is 23.5. The summed E-state index contributed by atoms with van der Waals surface area (Å²) in [7, 11) is 0. The van der Waals surface area contributed by atoms with Crippen LogP contribution in [0.3, 0.4) is 0 Å². The number of hydrogen-bond acceptors (Lipinski definition) is 5. The van der Waals surface area contributed by atoms with Crippen LogP contribution in [0.1, 0.15) is 99.8 Å². The van der Waals surface area contributed by atoms with Crippen LogP contribution in [-0.4, -0.2) is 34.9 Å². The molecular formula is C31H48O5. The largest absolute Gasteiger partial charge is 0.461 e. The van der Waals surface area contributed by atoms with Crippen molar-refractivity contribution in [3.05, 3.63) is 23.8 Å². The van der Waals surface area contributed by atoms with Crippen LogP contribution in [0.2, 0.25) is 0 Å². The highest BCUT2D eigenvalue weighted by atomic mass is 16.6. The van der Waals surface area contributed by atoms with E-state index in [0.717, 1.165) is 24.8 Å². The molecule has 0 heterocycles. The van der Waals surface area contributed by atoms with Crippen molar-refractivity contribution in [1.29, 1.82) is 0 Å². The van der Waals surface area contributed by atoms with Crippen molar-refractivity contribution in [3.8, 4) is 0 Å². The summed E-state index contributed by atoms with van der Waals surface area (Å²) in [5, 5.41) is 10.5. The highest BCUT2D eigenvalue weighted by molar-refractivity contribution is 5.66. The Kier molecular flexibility index (Phi) is 7.56. The van der Waals surface area contributed by atoms with E-state index in [4.69, 9.17) is 9.47 Å². The first-order valence-corrected chi connectivity index (χ1v) is 14.2. The number of carbonyl (C=O) groups is 2. The molecule has 0 aromatic heterocycles. The third kappa shape index (κ3) is 4.93. The molecule has 0 amide bonds. The fraction of sp³-hybridized carbons (Fsp3) is 0.806. The second-order valence-electron chi connectivity index (χ2n) is 13.4. The third-order valence-corrected chi connectivity index (χ3v) is 10.6. The van der Waals surface area contributed by atoms with Gasteiger partial charge in [0.15, 0.2) is 0 Å². The van der Waals surface area contributed by atoms with Gasteiger partial charge in [-0.3, -0.25) is 9.59 Å². The van der Waals surface area contributed by atoms with Crippen LogP contribution in [0, 0.1) is 40.4 Å². The molecule has 4 aliphatic rings. The maximum Gasteiger partial charge on any atom is 0.303 e. The maximum atomic E-state index is 12.0. The lowest BCUT2D eigenvalue weighted by molar-refractivity contribution is -0.161. The summed E-state index contributed by atoms with van der Waals surface area (Å²) in [6.07, 6.45) is 14.3. The number of aliphatic hydroxyl groups is 1. The number of ether oxygens (including phenoxy) is 2. The lowest BCUT2D eigenvalue weighted by atomic mass is 9.47. The van der Waals surface area contributed by atoms with E-state index in [-0.39, 0.29) is 23.5 Å². The van der Waals surface area contributed by atoms with Crippen LogP contribution in [-0.2, 0) is 19.1 Å². The molecular weight excluding hydrogens is 452 g/mol. The molecule has 0 aliphatic heterocycles. The van der Waals surface area contributed by atoms with Gasteiger partial charge in [-0.15, -0.1) is 0 Å². The van der Waals surface area contributed by atoms with E-state index in [1.807, 2.05) is 19.9 Å². The van der Waals surface area contributed by atoms with Gasteiger partial charge in [-0.1, -0.05) is 45.4 Å². The summed E-state index contributed by atoms with van der Waals surface area (Å²) >= 11 is 0. The van der Waals surface area contributed by atoms with Crippen molar-refractivity contribution in [2.24, 2.45) is 40.4 Å². The number of fused-ring (bicyclic) bond motifs is 5. The van der Waals surface area contributed by atoms with Gasteiger partial charge in [0, 0.05) is 25.7 Å². The molecule has 36 heavy (non-hydrogen) atoms. The molecule has 4 rings (SSSR count). The Labute approximate surface area is 218 Å². The number of allylic oxidation sites excluding steroid dienone is 2. The number of hydrogen-bond donors (Lipinski definition) is 1. The standard InChI is InChI=1S/C31H48O5/c1-19(9-8-15-29(4,5)36-21(3)33)25-12-13-26-24-11-10-22-17-23(34)18-28(35-20(2)32)31(22,7)27(24)14-16-30(25,26)6/h10-11,17,19,23-28,34H,8-9,12-16,18H2,1-7H3/t19-,23-,24+,25-,26+,27+,28+,30-,31+/m1/s1. The Morgan fingerprint density at radius 2 is 1.86 bits per heavy atom. The summed E-state index contributed by atoms with van der Waals surface area (Å²) in [4.78, 5) is 23.4. The molecule has 0 aromatic rings. The quantitative estimate of drug-likeness (QED) is 0.410. The minimum Gasteiger partial charge on any atom is -0.461 e. The average molecular weight is 501 g/mol. The molecule has 5 heteroatoms. The van der Waals surface area contributed by atoms with Gasteiger partial charge in [-0.05, 0) is 93.0 Å². The van der Waals surface area contributed by atoms with Crippen LogP contribution in [0.4, 0.5) is 0 Å². The van der Waals surface area contributed by atoms with E-state index < -0.39 is 11.7 Å². The molecule has 0 bridgehead atoms. The molecule has 0 spiro atoms. The lowest BCUT2D eigenvalue weighted by Crippen LogP contribution is -2.55. The SMILES string of the molecule is CC(=O)O[C@H]1C[C@H](O)C=C2C=C[C@H]3[C@@H]4CC[C@H]([C@H](C)CCCC(C)(C)OC(C)=O)[C@@]4(C)CC[C@@H]3[C@]21C. The van der Waals surface area contributed by atoms with E-state index >= 15 is 0 Å². The van der Waals surface area contributed by atoms with Gasteiger partial charge in [0.05, 0.1) is 6.10 Å². The van der Waals surface area contributed by atoms with E-state index in [1.165, 1.54) is 39.5 Å². The first-order chi connectivity index (χ1) is 16.8. The first kappa shape index (κ1) is 27.4. The molecule has 2 fully saturated rings. The predicted molar refractivity (Wildman–Crippen MR) is 141 cm³/mol. The van der Waals surface area contributed by atoms with Crippen molar-refractivity contribution in [2.75, 3.05) is 0 Å². The summed E-state index contributed by atoms with van der Waals surface area (Å²) in [6, 6.07) is 0. The van der Waals surface area contributed by atoms with E-state index in [2.05, 4.69) is 32.9 Å². The molecule has 9 atom stereocenters. The minimum atomic E-state index is -0.560. The number of carbonyl (C=O) groups excluding carboxylic acids is 2. The van der Waals surface area contributed by atoms with E-state index in [0.29, 0.717) is 41.4 Å². The Morgan fingerprint density at radius 1 is 1.14 bits per heavy atom. The van der Waals surface area contributed by atoms with E-state index in [9.17, 15) is 14.7 Å². The predicted octanol–water partition coefficient (Wildman–Crippen LogP) is 6.39. The van der Waals surface area contributed by atoms with Crippen molar-refractivity contribution in [2.45, 2.75) is 118 Å². The zero-order valence-electron chi connectivity index (χ0n) is 23.5. The smallest absolute Gasteiger partial charge is 0.303 e. The van der Waals surface area contributed by atoms with Gasteiger partial charge in [-0.2, -0.15) is 0 Å². The molecule has 5 nitrogen and oxygen atoms in total. The molecule has 4 aliphatic carbocycles. The van der Waals surface area contributed by atoms with Crippen molar-refractivity contribution in [1.82, 2.24) is 0 Å². The fourth-order valence-corrected chi connectivity index (χ4v) is 9.01. The van der Waals surface area contributed by atoms with E-state index in [1.54, 1.807) is 0 Å². The molecule has 0 radical (unpaired) electrons. The monoisotopic (exact) mass is 500 g/mol. The lowest BCUT2D eigenvalue weighted by Gasteiger charge is -2.58. The summed E-state index contributed by atoms with van der Waals surface area (Å²) < 4.78 is 11.4. The Bertz CT molecular complexity index is 918. The number of esters is 2. The highest BCUT2D eigenvalue weighted by Crippen LogP contribution is 2.66. The molecule has 0 saturated heterocycles. The van der Waals surface area contributed by atoms with Crippen LogP contribution in [0.5, 0.6) is 0 Å². The molecule has 202 valence electrons. The van der Waals surface area contributed by atoms with Crippen molar-refractivity contribution >= 4 is 11.9 Å². The first-order valence-electron chi connectivity index (χ1n) is 14.2. The zero-order chi connectivity index (χ0) is 26.5. The van der Waals surface area contributed by atoms with Crippen molar-refractivity contribution < 1.29 is 24.2 Å². The molecule has 0 aromatic carbocycles. The molecule has 2 saturated carbocycles. The maximum absolute atomic E-state index is 12.0. The summed E-state index contributed by atoms with van der Waals surface area (Å²) in [5.74, 6) is 2.44. The molecule has 1 N–H and O–H groups in total. The number of aliphatic hydroxyl groups excluding tert-OH is 1. The fourth-order valence-electron chi connectivity index (χ4n) is 9.01. The van der Waals surface area contributed by atoms with Crippen LogP contribution in [0.25, 0.3) is 0 Å². The van der Waals surface area contributed by atoms with Gasteiger partial charge < -0.3 is 14.6 Å². The Hall–Kier alpha value is -1.62. The third-order valence-electron chi connectivity index (χ3n) is 10.6.